The zero-order valence-electron chi connectivity index (χ0n) is 14.4. The minimum absolute atomic E-state index is 0.0664. The summed E-state index contributed by atoms with van der Waals surface area (Å²) >= 11 is 0. The third-order valence-electron chi connectivity index (χ3n) is 5.49. The summed E-state index contributed by atoms with van der Waals surface area (Å²) in [6.45, 7) is 6.08. The Bertz CT molecular complexity index is 508. The molecule has 0 aromatic heterocycles. The van der Waals surface area contributed by atoms with Crippen molar-refractivity contribution in [2.75, 3.05) is 20.5 Å². The molecule has 5 heteroatoms. The summed E-state index contributed by atoms with van der Waals surface area (Å²) in [5.74, 6) is -0.807. The van der Waals surface area contributed by atoms with E-state index in [1.54, 1.807) is 21.0 Å². The molecule has 0 aromatic rings. The summed E-state index contributed by atoms with van der Waals surface area (Å²) < 4.78 is 10.5. The normalized spacial score (nSPS) is 34.0. The molecule has 0 saturated carbocycles. The lowest BCUT2D eigenvalue weighted by Gasteiger charge is -2.49. The average molecular weight is 324 g/mol. The van der Waals surface area contributed by atoms with E-state index in [0.29, 0.717) is 19.4 Å². The molecule has 130 valence electrons. The Labute approximate surface area is 138 Å². The van der Waals surface area contributed by atoms with Gasteiger partial charge in [0.05, 0.1) is 18.1 Å². The average Bonchev–Trinajstić information content (AvgIpc) is 2.47. The van der Waals surface area contributed by atoms with E-state index in [1.807, 2.05) is 19.1 Å². The van der Waals surface area contributed by atoms with Gasteiger partial charge in [-0.1, -0.05) is 23.8 Å². The summed E-state index contributed by atoms with van der Waals surface area (Å²) in [4.78, 5) is 11.6. The highest BCUT2D eigenvalue weighted by molar-refractivity contribution is 5.74. The van der Waals surface area contributed by atoms with Gasteiger partial charge in [0.2, 0.25) is 0 Å². The number of carboxylic acids is 1. The molecule has 0 aromatic carbocycles. The second-order valence-electron chi connectivity index (χ2n) is 7.43. The molecule has 0 amide bonds. The highest BCUT2D eigenvalue weighted by Gasteiger charge is 2.50. The predicted octanol–water partition coefficient (Wildman–Crippen LogP) is 2.61. The van der Waals surface area contributed by atoms with Crippen molar-refractivity contribution < 1.29 is 24.5 Å². The summed E-state index contributed by atoms with van der Waals surface area (Å²) in [5.41, 5.74) is -0.185. The number of hydrogen-bond acceptors (Lipinski definition) is 4. The number of aliphatic carboxylic acids is 1. The molecule has 23 heavy (non-hydrogen) atoms. The van der Waals surface area contributed by atoms with Crippen LogP contribution >= 0.6 is 0 Å². The van der Waals surface area contributed by atoms with E-state index in [-0.39, 0.29) is 18.6 Å². The molecule has 0 unspecified atom stereocenters. The molecule has 0 heterocycles. The van der Waals surface area contributed by atoms with Crippen molar-refractivity contribution in [3.8, 4) is 0 Å². The Hall–Kier alpha value is -1.17. The second-order valence-corrected chi connectivity index (χ2v) is 7.43. The van der Waals surface area contributed by atoms with E-state index in [2.05, 4.69) is 6.08 Å². The van der Waals surface area contributed by atoms with Crippen LogP contribution in [0.5, 0.6) is 0 Å². The van der Waals surface area contributed by atoms with E-state index in [4.69, 9.17) is 9.47 Å². The maximum Gasteiger partial charge on any atom is 0.309 e. The van der Waals surface area contributed by atoms with Crippen LogP contribution in [0.4, 0.5) is 0 Å². The molecule has 0 saturated heterocycles. The van der Waals surface area contributed by atoms with Gasteiger partial charge in [-0.05, 0) is 45.4 Å². The first-order chi connectivity index (χ1) is 10.7. The van der Waals surface area contributed by atoms with E-state index in [0.717, 1.165) is 5.57 Å². The van der Waals surface area contributed by atoms with Crippen LogP contribution in [0.25, 0.3) is 0 Å². The summed E-state index contributed by atoms with van der Waals surface area (Å²) in [6.07, 6.45) is 6.90. The van der Waals surface area contributed by atoms with Gasteiger partial charge in [0.25, 0.3) is 0 Å². The zero-order valence-corrected chi connectivity index (χ0v) is 14.4. The van der Waals surface area contributed by atoms with Gasteiger partial charge in [0, 0.05) is 12.5 Å². The number of carbonyl (C=O) groups is 1. The van der Waals surface area contributed by atoms with Gasteiger partial charge in [-0.2, -0.15) is 0 Å². The van der Waals surface area contributed by atoms with E-state index >= 15 is 0 Å². The van der Waals surface area contributed by atoms with E-state index in [9.17, 15) is 15.0 Å². The summed E-state index contributed by atoms with van der Waals surface area (Å²) in [5, 5.41) is 20.2. The molecule has 4 atom stereocenters. The van der Waals surface area contributed by atoms with Gasteiger partial charge >= 0.3 is 5.97 Å². The van der Waals surface area contributed by atoms with Gasteiger partial charge < -0.3 is 19.7 Å². The van der Waals surface area contributed by atoms with Crippen LogP contribution in [-0.2, 0) is 14.3 Å². The molecular weight excluding hydrogens is 296 g/mol. The maximum atomic E-state index is 11.6. The van der Waals surface area contributed by atoms with Crippen LogP contribution in [0.15, 0.2) is 23.8 Å². The van der Waals surface area contributed by atoms with E-state index < -0.39 is 22.9 Å². The van der Waals surface area contributed by atoms with Crippen LogP contribution in [0.2, 0.25) is 0 Å². The third kappa shape index (κ3) is 3.37. The number of hydrogen-bond donors (Lipinski definition) is 2. The highest BCUT2D eigenvalue weighted by atomic mass is 16.7. The number of rotatable bonds is 6. The molecular formula is C18H28O5. The first-order valence-electron chi connectivity index (χ1n) is 8.09. The Balaban J connectivity index is 2.32. The highest BCUT2D eigenvalue weighted by Crippen LogP contribution is 2.50. The molecule has 0 radical (unpaired) electrons. The van der Waals surface area contributed by atoms with Crippen LogP contribution in [0, 0.1) is 22.7 Å². The fraction of sp³-hybridized carbons (Fsp3) is 0.722. The topological polar surface area (TPSA) is 76.0 Å². The quantitative estimate of drug-likeness (QED) is 0.446. The molecule has 0 aliphatic heterocycles. The standard InChI is InChI=1S/C18H28O5/c1-12-7-14-9-13(17(2,3)16(20)21)5-6-18(14,15(19)8-12)10-23-11-22-4/h5-7,13-15,19H,8-11H2,1-4H3,(H,20,21)/t13-,14+,15+,18+/m1/s1. The Morgan fingerprint density at radius 1 is 1.48 bits per heavy atom. The number of methoxy groups -OCH3 is 1. The van der Waals surface area contributed by atoms with Crippen molar-refractivity contribution in [2.45, 2.75) is 39.7 Å². The zero-order chi connectivity index (χ0) is 17.3. The van der Waals surface area contributed by atoms with Crippen molar-refractivity contribution in [2.24, 2.45) is 22.7 Å². The lowest BCUT2D eigenvalue weighted by atomic mass is 9.58. The molecule has 2 N–H and O–H groups in total. The lowest BCUT2D eigenvalue weighted by molar-refractivity contribution is -0.150. The second kappa shape index (κ2) is 6.75. The van der Waals surface area contributed by atoms with Crippen LogP contribution in [0.1, 0.15) is 33.6 Å². The molecule has 2 aliphatic carbocycles. The summed E-state index contributed by atoms with van der Waals surface area (Å²) in [6, 6.07) is 0. The van der Waals surface area contributed by atoms with Crippen molar-refractivity contribution in [1.29, 1.82) is 0 Å². The van der Waals surface area contributed by atoms with Crippen molar-refractivity contribution in [3.05, 3.63) is 23.8 Å². The van der Waals surface area contributed by atoms with E-state index in [1.165, 1.54) is 0 Å². The third-order valence-corrected chi connectivity index (χ3v) is 5.49. The Morgan fingerprint density at radius 3 is 2.78 bits per heavy atom. The number of allylic oxidation sites excluding steroid dienone is 2. The molecule has 2 rings (SSSR count). The van der Waals surface area contributed by atoms with Crippen LogP contribution < -0.4 is 0 Å². The molecule has 5 nitrogen and oxygen atoms in total. The predicted molar refractivity (Wildman–Crippen MR) is 86.8 cm³/mol. The Morgan fingerprint density at radius 2 is 2.17 bits per heavy atom. The lowest BCUT2D eigenvalue weighted by Crippen LogP contribution is -2.50. The smallest absolute Gasteiger partial charge is 0.309 e. The summed E-state index contributed by atoms with van der Waals surface area (Å²) in [7, 11) is 1.57. The largest absolute Gasteiger partial charge is 0.481 e. The monoisotopic (exact) mass is 324 g/mol. The van der Waals surface area contributed by atoms with Crippen molar-refractivity contribution >= 4 is 5.97 Å². The number of fused-ring (bicyclic) bond motifs is 1. The SMILES string of the molecule is COCOC[C@@]12C=C[C@@H](C(C)(C)C(=O)O)C[C@@H]1C=C(C)C[C@@H]2O. The molecule has 0 spiro atoms. The van der Waals surface area contributed by atoms with Gasteiger partial charge in [-0.15, -0.1) is 0 Å². The molecule has 0 bridgehead atoms. The molecule has 2 aliphatic rings. The molecule has 0 fully saturated rings. The fourth-order valence-corrected chi connectivity index (χ4v) is 3.73. The first kappa shape index (κ1) is 18.2. The van der Waals surface area contributed by atoms with Crippen LogP contribution in [-0.4, -0.2) is 42.8 Å². The first-order valence-corrected chi connectivity index (χ1v) is 8.09. The minimum atomic E-state index is -0.833. The maximum absolute atomic E-state index is 11.6. The number of aliphatic hydroxyl groups is 1. The minimum Gasteiger partial charge on any atom is -0.481 e. The number of aliphatic hydroxyl groups excluding tert-OH is 1. The number of ether oxygens (including phenoxy) is 2. The van der Waals surface area contributed by atoms with Gasteiger partial charge in [0.15, 0.2) is 0 Å². The number of carboxylic acid groups (broad SMARTS) is 1. The van der Waals surface area contributed by atoms with Gasteiger partial charge in [-0.25, -0.2) is 0 Å². The van der Waals surface area contributed by atoms with Crippen LogP contribution in [0.3, 0.4) is 0 Å². The van der Waals surface area contributed by atoms with Crippen molar-refractivity contribution in [1.82, 2.24) is 0 Å². The fourth-order valence-electron chi connectivity index (χ4n) is 3.73. The van der Waals surface area contributed by atoms with Crippen molar-refractivity contribution in [3.63, 3.8) is 0 Å². The van der Waals surface area contributed by atoms with Gasteiger partial charge in [0.1, 0.15) is 6.79 Å². The Kier molecular flexibility index (Phi) is 5.33. The van der Waals surface area contributed by atoms with Gasteiger partial charge in [-0.3, -0.25) is 4.79 Å².